The monoisotopic (exact) mass is 355 g/mol. The molecule has 96 valence electrons. The Hall–Kier alpha value is -0.270. The van der Waals surface area contributed by atoms with E-state index >= 15 is 0 Å². The maximum absolute atomic E-state index is 11.8. The van der Waals surface area contributed by atoms with Crippen molar-refractivity contribution in [2.24, 2.45) is 5.73 Å². The van der Waals surface area contributed by atoms with Crippen molar-refractivity contribution in [3.05, 3.63) is 33.4 Å². The SMILES string of the molecule is NC(CCOCC(F)F)Cc1ccc(I)cc1. The van der Waals surface area contributed by atoms with Gasteiger partial charge in [-0.1, -0.05) is 12.1 Å². The van der Waals surface area contributed by atoms with Crippen LogP contribution in [-0.2, 0) is 11.2 Å². The highest BCUT2D eigenvalue weighted by Gasteiger charge is 2.06. The van der Waals surface area contributed by atoms with Crippen LogP contribution < -0.4 is 5.73 Å². The molecule has 0 heterocycles. The highest BCUT2D eigenvalue weighted by atomic mass is 127. The summed E-state index contributed by atoms with van der Waals surface area (Å²) >= 11 is 2.24. The second kappa shape index (κ2) is 7.94. The van der Waals surface area contributed by atoms with Crippen molar-refractivity contribution < 1.29 is 13.5 Å². The van der Waals surface area contributed by atoms with Crippen molar-refractivity contribution in [1.29, 1.82) is 0 Å². The van der Waals surface area contributed by atoms with Gasteiger partial charge >= 0.3 is 0 Å². The molecule has 17 heavy (non-hydrogen) atoms. The average Bonchev–Trinajstić information content (AvgIpc) is 2.27. The number of hydrogen-bond acceptors (Lipinski definition) is 2. The van der Waals surface area contributed by atoms with Gasteiger partial charge in [-0.2, -0.15) is 0 Å². The first-order chi connectivity index (χ1) is 8.08. The van der Waals surface area contributed by atoms with E-state index in [4.69, 9.17) is 10.5 Å². The molecule has 1 unspecified atom stereocenters. The molecule has 5 heteroatoms. The first-order valence-electron chi connectivity index (χ1n) is 5.44. The van der Waals surface area contributed by atoms with Crippen molar-refractivity contribution in [2.75, 3.05) is 13.2 Å². The van der Waals surface area contributed by atoms with Crippen LogP contribution in [0.25, 0.3) is 0 Å². The molecule has 0 bridgehead atoms. The molecule has 2 N–H and O–H groups in total. The van der Waals surface area contributed by atoms with Crippen molar-refractivity contribution in [3.8, 4) is 0 Å². The van der Waals surface area contributed by atoms with Gasteiger partial charge in [-0.25, -0.2) is 8.78 Å². The highest BCUT2D eigenvalue weighted by Crippen LogP contribution is 2.09. The summed E-state index contributed by atoms with van der Waals surface area (Å²) in [4.78, 5) is 0. The Bertz CT molecular complexity index is 319. The average molecular weight is 355 g/mol. The predicted molar refractivity (Wildman–Crippen MR) is 72.3 cm³/mol. The van der Waals surface area contributed by atoms with Gasteiger partial charge in [0.2, 0.25) is 0 Å². The number of nitrogens with two attached hydrogens (primary N) is 1. The lowest BCUT2D eigenvalue weighted by Crippen LogP contribution is -2.25. The van der Waals surface area contributed by atoms with Gasteiger partial charge in [0.15, 0.2) is 0 Å². The molecule has 2 nitrogen and oxygen atoms in total. The number of hydrogen-bond donors (Lipinski definition) is 1. The fraction of sp³-hybridized carbons (Fsp3) is 0.500. The van der Waals surface area contributed by atoms with Crippen molar-refractivity contribution in [2.45, 2.75) is 25.3 Å². The first-order valence-corrected chi connectivity index (χ1v) is 6.51. The first kappa shape index (κ1) is 14.8. The van der Waals surface area contributed by atoms with Crippen molar-refractivity contribution in [3.63, 3.8) is 0 Å². The van der Waals surface area contributed by atoms with E-state index in [9.17, 15) is 8.78 Å². The van der Waals surface area contributed by atoms with Crippen molar-refractivity contribution >= 4 is 22.6 Å². The Balaban J connectivity index is 2.20. The lowest BCUT2D eigenvalue weighted by molar-refractivity contribution is 0.0153. The minimum absolute atomic E-state index is 0.0484. The Morgan fingerprint density at radius 1 is 1.24 bits per heavy atom. The zero-order valence-corrected chi connectivity index (χ0v) is 11.6. The lowest BCUT2D eigenvalue weighted by Gasteiger charge is -2.12. The normalized spacial score (nSPS) is 13.0. The molecule has 0 radical (unpaired) electrons. The smallest absolute Gasteiger partial charge is 0.261 e. The van der Waals surface area contributed by atoms with Crippen LogP contribution in [0.4, 0.5) is 8.78 Å². The predicted octanol–water partition coefficient (Wildman–Crippen LogP) is 2.83. The molecule has 0 spiro atoms. The molecule has 1 aromatic rings. The van der Waals surface area contributed by atoms with Crippen molar-refractivity contribution in [1.82, 2.24) is 0 Å². The van der Waals surface area contributed by atoms with Gasteiger partial charge in [-0.15, -0.1) is 0 Å². The molecule has 0 saturated carbocycles. The molecule has 1 rings (SSSR count). The third-order valence-corrected chi connectivity index (χ3v) is 3.01. The molecule has 0 aliphatic carbocycles. The van der Waals surface area contributed by atoms with Crippen LogP contribution in [-0.4, -0.2) is 25.7 Å². The van der Waals surface area contributed by atoms with E-state index in [1.54, 1.807) is 0 Å². The standard InChI is InChI=1S/C12H16F2INO/c13-12(14)8-17-6-5-11(16)7-9-1-3-10(15)4-2-9/h1-4,11-12H,5-8,16H2. The summed E-state index contributed by atoms with van der Waals surface area (Å²) < 4.78 is 29.5. The Morgan fingerprint density at radius 3 is 2.47 bits per heavy atom. The molecular formula is C12H16F2INO. The van der Waals surface area contributed by atoms with Gasteiger partial charge in [0.25, 0.3) is 6.43 Å². The van der Waals surface area contributed by atoms with Crippen LogP contribution in [0.15, 0.2) is 24.3 Å². The van der Waals surface area contributed by atoms with Gasteiger partial charge in [0.1, 0.15) is 6.61 Å². The molecule has 0 aliphatic heterocycles. The van der Waals surface area contributed by atoms with E-state index in [1.807, 2.05) is 24.3 Å². The number of rotatable bonds is 7. The Kier molecular flexibility index (Phi) is 6.91. The van der Waals surface area contributed by atoms with Gasteiger partial charge in [0.05, 0.1) is 0 Å². The topological polar surface area (TPSA) is 35.2 Å². The second-order valence-electron chi connectivity index (χ2n) is 3.85. The molecule has 1 atom stereocenters. The summed E-state index contributed by atoms with van der Waals surface area (Å²) in [6.45, 7) is -0.216. The zero-order valence-electron chi connectivity index (χ0n) is 9.41. The highest BCUT2D eigenvalue weighted by molar-refractivity contribution is 14.1. The molecule has 0 fully saturated rings. The van der Waals surface area contributed by atoms with Gasteiger partial charge in [-0.05, 0) is 53.1 Å². The van der Waals surface area contributed by atoms with E-state index in [1.165, 1.54) is 3.57 Å². The van der Waals surface area contributed by atoms with Crippen LogP contribution in [0.3, 0.4) is 0 Å². The number of alkyl halides is 2. The number of halogens is 3. The van der Waals surface area contributed by atoms with Crippen LogP contribution in [0.2, 0.25) is 0 Å². The quantitative estimate of drug-likeness (QED) is 0.603. The van der Waals surface area contributed by atoms with Gasteiger partial charge in [0, 0.05) is 16.2 Å². The van der Waals surface area contributed by atoms with E-state index in [-0.39, 0.29) is 12.6 Å². The minimum atomic E-state index is -2.40. The van der Waals surface area contributed by atoms with Gasteiger partial charge in [-0.3, -0.25) is 0 Å². The summed E-state index contributed by atoms with van der Waals surface area (Å²) in [6, 6.07) is 8.06. The molecule has 0 aliphatic rings. The minimum Gasteiger partial charge on any atom is -0.375 e. The Labute approximate surface area is 114 Å². The third-order valence-electron chi connectivity index (χ3n) is 2.29. The maximum atomic E-state index is 11.8. The summed E-state index contributed by atoms with van der Waals surface area (Å²) in [6.07, 6.45) is -1.06. The Morgan fingerprint density at radius 2 is 1.88 bits per heavy atom. The zero-order chi connectivity index (χ0) is 12.7. The molecular weight excluding hydrogens is 339 g/mol. The van der Waals surface area contributed by atoms with E-state index in [0.717, 1.165) is 12.0 Å². The fourth-order valence-electron chi connectivity index (χ4n) is 1.43. The van der Waals surface area contributed by atoms with E-state index in [2.05, 4.69) is 22.6 Å². The van der Waals surface area contributed by atoms with E-state index in [0.29, 0.717) is 6.42 Å². The second-order valence-corrected chi connectivity index (χ2v) is 5.09. The molecule has 1 aromatic carbocycles. The maximum Gasteiger partial charge on any atom is 0.261 e. The van der Waals surface area contributed by atoms with Gasteiger partial charge < -0.3 is 10.5 Å². The molecule has 0 aromatic heterocycles. The van der Waals surface area contributed by atoms with Crippen LogP contribution in [0.1, 0.15) is 12.0 Å². The van der Waals surface area contributed by atoms with Crippen LogP contribution in [0, 0.1) is 3.57 Å². The van der Waals surface area contributed by atoms with Crippen LogP contribution >= 0.6 is 22.6 Å². The lowest BCUT2D eigenvalue weighted by atomic mass is 10.0. The number of ether oxygens (including phenoxy) is 1. The summed E-state index contributed by atoms with van der Waals surface area (Å²) in [7, 11) is 0. The van der Waals surface area contributed by atoms with E-state index < -0.39 is 13.0 Å². The number of benzene rings is 1. The largest absolute Gasteiger partial charge is 0.375 e. The molecule has 0 saturated heterocycles. The summed E-state index contributed by atoms with van der Waals surface area (Å²) in [5.41, 5.74) is 7.05. The summed E-state index contributed by atoms with van der Waals surface area (Å²) in [5.74, 6) is 0. The molecule has 0 amide bonds. The fourth-order valence-corrected chi connectivity index (χ4v) is 1.79. The third kappa shape index (κ3) is 6.90. The van der Waals surface area contributed by atoms with Crippen LogP contribution in [0.5, 0.6) is 0 Å². The summed E-state index contributed by atoms with van der Waals surface area (Å²) in [5, 5.41) is 0.